The molecule has 1 aromatic heterocycles. The number of aromatic nitrogens is 1. The van der Waals surface area contributed by atoms with Crippen molar-refractivity contribution in [1.29, 1.82) is 0 Å². The highest BCUT2D eigenvalue weighted by Gasteiger charge is 2.01. The van der Waals surface area contributed by atoms with E-state index in [4.69, 9.17) is 14.9 Å². The first-order valence-electron chi connectivity index (χ1n) is 4.32. The summed E-state index contributed by atoms with van der Waals surface area (Å²) in [5.74, 6) is 1.59. The molecule has 0 spiro atoms. The van der Waals surface area contributed by atoms with Gasteiger partial charge in [-0.05, 0) is 24.3 Å². The van der Waals surface area contributed by atoms with Gasteiger partial charge in [-0.15, -0.1) is 0 Å². The summed E-state index contributed by atoms with van der Waals surface area (Å²) in [6, 6.07) is 7.52. The quantitative estimate of drug-likeness (QED) is 0.930. The van der Waals surface area contributed by atoms with Gasteiger partial charge in [-0.2, -0.15) is 4.98 Å². The van der Waals surface area contributed by atoms with E-state index in [1.165, 1.54) is 6.26 Å². The highest BCUT2D eigenvalue weighted by Crippen LogP contribution is 2.17. The van der Waals surface area contributed by atoms with Crippen LogP contribution in [0.25, 0.3) is 0 Å². The van der Waals surface area contributed by atoms with Gasteiger partial charge >= 0.3 is 0 Å². The Balaban J connectivity index is 1.96. The normalized spacial score (nSPS) is 10.2. The van der Waals surface area contributed by atoms with Crippen molar-refractivity contribution < 1.29 is 9.15 Å². The van der Waals surface area contributed by atoms with E-state index in [9.17, 15) is 0 Å². The number of oxazole rings is 1. The van der Waals surface area contributed by atoms with Crippen LogP contribution in [-0.4, -0.2) is 4.98 Å². The fourth-order valence-corrected chi connectivity index (χ4v) is 1.33. The lowest BCUT2D eigenvalue weighted by Crippen LogP contribution is -1.95. The molecule has 0 aliphatic heterocycles. The molecule has 0 bridgehead atoms. The molecule has 4 nitrogen and oxygen atoms in total. The summed E-state index contributed by atoms with van der Waals surface area (Å²) in [5.41, 5.74) is 5.40. The molecule has 15 heavy (non-hydrogen) atoms. The minimum Gasteiger partial charge on any atom is -0.484 e. The number of rotatable bonds is 3. The molecule has 5 heteroatoms. The van der Waals surface area contributed by atoms with Crippen LogP contribution in [0.2, 0.25) is 0 Å². The highest BCUT2D eigenvalue weighted by molar-refractivity contribution is 9.10. The smallest absolute Gasteiger partial charge is 0.234 e. The van der Waals surface area contributed by atoms with Crippen LogP contribution in [0.4, 0.5) is 5.82 Å². The molecule has 0 radical (unpaired) electrons. The van der Waals surface area contributed by atoms with Crippen LogP contribution in [0, 0.1) is 0 Å². The summed E-state index contributed by atoms with van der Waals surface area (Å²) in [5, 5.41) is 0. The third-order valence-corrected chi connectivity index (χ3v) is 2.27. The fraction of sp³-hybridized carbons (Fsp3) is 0.100. The monoisotopic (exact) mass is 268 g/mol. The molecule has 0 aliphatic rings. The van der Waals surface area contributed by atoms with E-state index in [0.717, 1.165) is 10.2 Å². The zero-order valence-corrected chi connectivity index (χ0v) is 9.40. The zero-order chi connectivity index (χ0) is 10.7. The second-order valence-corrected chi connectivity index (χ2v) is 3.82. The summed E-state index contributed by atoms with van der Waals surface area (Å²) in [7, 11) is 0. The number of nitrogen functional groups attached to an aromatic ring is 1. The predicted molar refractivity (Wildman–Crippen MR) is 59.4 cm³/mol. The van der Waals surface area contributed by atoms with Crippen LogP contribution in [0.15, 0.2) is 39.4 Å². The Bertz CT molecular complexity index is 439. The Labute approximate surface area is 95.2 Å². The van der Waals surface area contributed by atoms with Gasteiger partial charge in [-0.1, -0.05) is 15.9 Å². The molecular weight excluding hydrogens is 260 g/mol. The van der Waals surface area contributed by atoms with Crippen LogP contribution in [0.5, 0.6) is 5.75 Å². The number of benzene rings is 1. The second kappa shape index (κ2) is 4.35. The van der Waals surface area contributed by atoms with Crippen molar-refractivity contribution in [3.63, 3.8) is 0 Å². The van der Waals surface area contributed by atoms with E-state index in [0.29, 0.717) is 11.7 Å². The van der Waals surface area contributed by atoms with Crippen molar-refractivity contribution in [3.8, 4) is 5.75 Å². The maximum Gasteiger partial charge on any atom is 0.234 e. The molecular formula is C10H9BrN2O2. The number of halogens is 1. The SMILES string of the molecule is Nc1coc(COc2ccc(Br)cc2)n1. The van der Waals surface area contributed by atoms with Crippen molar-refractivity contribution in [3.05, 3.63) is 40.9 Å². The zero-order valence-electron chi connectivity index (χ0n) is 7.81. The Hall–Kier alpha value is -1.49. The predicted octanol–water partition coefficient (Wildman–Crippen LogP) is 2.60. The molecule has 0 aliphatic carbocycles. The molecule has 1 aromatic carbocycles. The number of nitrogens with zero attached hydrogens (tertiary/aromatic N) is 1. The lowest BCUT2D eigenvalue weighted by Gasteiger charge is -2.02. The minimum atomic E-state index is 0.277. The largest absolute Gasteiger partial charge is 0.484 e. The van der Waals surface area contributed by atoms with Crippen LogP contribution in [-0.2, 0) is 6.61 Å². The highest BCUT2D eigenvalue weighted by atomic mass is 79.9. The first-order chi connectivity index (χ1) is 7.24. The van der Waals surface area contributed by atoms with Crippen LogP contribution in [0.3, 0.4) is 0 Å². The van der Waals surface area contributed by atoms with Gasteiger partial charge in [0, 0.05) is 4.47 Å². The van der Waals surface area contributed by atoms with E-state index >= 15 is 0 Å². The molecule has 2 aromatic rings. The molecule has 0 saturated heterocycles. The van der Waals surface area contributed by atoms with Crippen molar-refractivity contribution in [2.45, 2.75) is 6.61 Å². The Morgan fingerprint density at radius 1 is 1.33 bits per heavy atom. The number of nitrogens with two attached hydrogens (primary N) is 1. The summed E-state index contributed by atoms with van der Waals surface area (Å²) in [4.78, 5) is 3.92. The van der Waals surface area contributed by atoms with E-state index in [1.807, 2.05) is 24.3 Å². The molecule has 0 unspecified atom stereocenters. The van der Waals surface area contributed by atoms with Crippen molar-refractivity contribution in [2.75, 3.05) is 5.73 Å². The van der Waals surface area contributed by atoms with E-state index in [-0.39, 0.29) is 6.61 Å². The summed E-state index contributed by atoms with van der Waals surface area (Å²) < 4.78 is 11.5. The molecule has 0 amide bonds. The van der Waals surface area contributed by atoms with Gasteiger partial charge in [0.25, 0.3) is 0 Å². The topological polar surface area (TPSA) is 61.3 Å². The molecule has 0 atom stereocenters. The number of anilines is 1. The lowest BCUT2D eigenvalue weighted by atomic mass is 10.3. The maximum atomic E-state index is 5.43. The van der Waals surface area contributed by atoms with Crippen LogP contribution < -0.4 is 10.5 Å². The third kappa shape index (κ3) is 2.73. The van der Waals surface area contributed by atoms with Crippen LogP contribution in [0.1, 0.15) is 5.89 Å². The Morgan fingerprint density at radius 3 is 2.67 bits per heavy atom. The third-order valence-electron chi connectivity index (χ3n) is 1.75. The van der Waals surface area contributed by atoms with Gasteiger partial charge in [0.15, 0.2) is 12.4 Å². The number of hydrogen-bond acceptors (Lipinski definition) is 4. The van der Waals surface area contributed by atoms with Crippen molar-refractivity contribution in [2.24, 2.45) is 0 Å². The number of ether oxygens (including phenoxy) is 1. The summed E-state index contributed by atoms with van der Waals surface area (Å²) >= 11 is 3.34. The van der Waals surface area contributed by atoms with Gasteiger partial charge < -0.3 is 14.9 Å². The first kappa shape index (κ1) is 10.0. The Morgan fingerprint density at radius 2 is 2.07 bits per heavy atom. The summed E-state index contributed by atoms with van der Waals surface area (Å²) in [6.07, 6.45) is 1.39. The minimum absolute atomic E-state index is 0.277. The average Bonchev–Trinajstić information content (AvgIpc) is 2.64. The molecule has 78 valence electrons. The van der Waals surface area contributed by atoms with Gasteiger partial charge in [-0.3, -0.25) is 0 Å². The van der Waals surface area contributed by atoms with E-state index in [1.54, 1.807) is 0 Å². The van der Waals surface area contributed by atoms with Gasteiger partial charge in [0.05, 0.1) is 0 Å². The molecule has 2 N–H and O–H groups in total. The standard InChI is InChI=1S/C10H9BrN2O2/c11-7-1-3-8(4-2-7)14-6-10-13-9(12)5-15-10/h1-5H,6,12H2. The number of hydrogen-bond donors (Lipinski definition) is 1. The molecule has 0 fully saturated rings. The lowest BCUT2D eigenvalue weighted by molar-refractivity contribution is 0.263. The second-order valence-electron chi connectivity index (χ2n) is 2.91. The first-order valence-corrected chi connectivity index (χ1v) is 5.11. The Kier molecular flexibility index (Phi) is 2.91. The average molecular weight is 269 g/mol. The van der Waals surface area contributed by atoms with Gasteiger partial charge in [0.1, 0.15) is 12.0 Å². The maximum absolute atomic E-state index is 5.43. The molecule has 1 heterocycles. The molecule has 2 rings (SSSR count). The molecule has 0 saturated carbocycles. The van der Waals surface area contributed by atoms with Gasteiger partial charge in [-0.25, -0.2) is 0 Å². The van der Waals surface area contributed by atoms with E-state index in [2.05, 4.69) is 20.9 Å². The summed E-state index contributed by atoms with van der Waals surface area (Å²) in [6.45, 7) is 0.277. The van der Waals surface area contributed by atoms with Gasteiger partial charge in [0.2, 0.25) is 5.89 Å². The van der Waals surface area contributed by atoms with Crippen molar-refractivity contribution in [1.82, 2.24) is 4.98 Å². The van der Waals surface area contributed by atoms with Crippen molar-refractivity contribution >= 4 is 21.7 Å². The van der Waals surface area contributed by atoms with E-state index < -0.39 is 0 Å². The van der Waals surface area contributed by atoms with Crippen LogP contribution >= 0.6 is 15.9 Å². The fourth-order valence-electron chi connectivity index (χ4n) is 1.07.